The van der Waals surface area contributed by atoms with Crippen LogP contribution in [0.25, 0.3) is 0 Å². The van der Waals surface area contributed by atoms with E-state index in [0.717, 1.165) is 5.92 Å². The van der Waals surface area contributed by atoms with Crippen LogP contribution in [0.15, 0.2) is 0 Å². The summed E-state index contributed by atoms with van der Waals surface area (Å²) in [5.41, 5.74) is 0. The summed E-state index contributed by atoms with van der Waals surface area (Å²) in [5.74, 6) is 1.12. The molecule has 0 N–H and O–H groups in total. The fourth-order valence-corrected chi connectivity index (χ4v) is 11.5. The molecule has 0 heterocycles. The van der Waals surface area contributed by atoms with E-state index in [1.807, 2.05) is 0 Å². The van der Waals surface area contributed by atoms with Crippen LogP contribution in [0.1, 0.15) is 44.9 Å². The Hall–Kier alpha value is 1.23. The topological polar surface area (TPSA) is 0 Å². The van der Waals surface area contributed by atoms with Gasteiger partial charge in [-0.3, -0.25) is 0 Å². The van der Waals surface area contributed by atoms with Gasteiger partial charge in [-0.2, -0.15) is 0 Å². The number of hydrogen-bond acceptors (Lipinski definition) is 0. The Morgan fingerprint density at radius 2 is 1.73 bits per heavy atom. The van der Waals surface area contributed by atoms with Gasteiger partial charge in [-0.05, 0) is 0 Å². The van der Waals surface area contributed by atoms with Gasteiger partial charge in [0.15, 0.2) is 0 Å². The standard InChI is InChI=1S/C10H20P.3CH3.Sn/c11-9-5-4-8-10-6-2-1-3-7-10;;;;/h8,10H,1-7,9,11H2;3*1H3;. The molecule has 1 rings (SSSR count). The Bertz CT molecular complexity index is 168. The molecule has 1 aliphatic rings. The van der Waals surface area contributed by atoms with Crippen molar-refractivity contribution in [2.75, 3.05) is 6.16 Å². The van der Waals surface area contributed by atoms with Crippen molar-refractivity contribution in [3.8, 4) is 0 Å². The maximum absolute atomic E-state index is 2.90. The van der Waals surface area contributed by atoms with Crippen LogP contribution in [0.4, 0.5) is 0 Å². The summed E-state index contributed by atoms with van der Waals surface area (Å²) in [6.07, 6.45) is 11.9. The molecule has 0 bridgehead atoms. The molecular weight excluding hydrogens is 306 g/mol. The van der Waals surface area contributed by atoms with Gasteiger partial charge in [0.1, 0.15) is 0 Å². The Kier molecular flexibility index (Phi) is 6.52. The van der Waals surface area contributed by atoms with Crippen molar-refractivity contribution in [2.24, 2.45) is 5.92 Å². The number of hydrogen-bond donors (Lipinski definition) is 0. The van der Waals surface area contributed by atoms with Crippen molar-refractivity contribution in [1.29, 1.82) is 0 Å². The molecule has 2 unspecified atom stereocenters. The van der Waals surface area contributed by atoms with E-state index < -0.39 is 18.4 Å². The third-order valence-electron chi connectivity index (χ3n) is 4.05. The van der Waals surface area contributed by atoms with Crippen LogP contribution in [-0.2, 0) is 0 Å². The average molecular weight is 335 g/mol. The second-order valence-corrected chi connectivity index (χ2v) is 22.5. The Morgan fingerprint density at radius 3 is 2.20 bits per heavy atom. The van der Waals surface area contributed by atoms with E-state index in [-0.39, 0.29) is 0 Å². The van der Waals surface area contributed by atoms with Crippen LogP contribution in [0.2, 0.25) is 18.8 Å². The predicted octanol–water partition coefficient (Wildman–Crippen LogP) is 4.93. The Labute approximate surface area is 103 Å². The average Bonchev–Trinajstić information content (AvgIpc) is 2.18. The van der Waals surface area contributed by atoms with Crippen molar-refractivity contribution >= 4 is 27.6 Å². The number of rotatable bonds is 5. The van der Waals surface area contributed by atoms with Crippen LogP contribution in [0.3, 0.4) is 0 Å². The van der Waals surface area contributed by atoms with Crippen LogP contribution < -0.4 is 0 Å². The zero-order valence-corrected chi connectivity index (χ0v) is 14.9. The maximum atomic E-state index is 2.90. The first-order valence-electron chi connectivity index (χ1n) is 6.76. The fourth-order valence-electron chi connectivity index (χ4n) is 3.25. The van der Waals surface area contributed by atoms with Crippen molar-refractivity contribution in [2.45, 2.75) is 63.7 Å². The molecule has 0 nitrogen and oxygen atoms in total. The van der Waals surface area contributed by atoms with E-state index in [4.69, 9.17) is 0 Å². The molecule has 0 spiro atoms. The summed E-state index contributed by atoms with van der Waals surface area (Å²) in [6, 6.07) is 0. The molecule has 1 aliphatic carbocycles. The Morgan fingerprint density at radius 1 is 1.13 bits per heavy atom. The molecule has 15 heavy (non-hydrogen) atoms. The summed E-state index contributed by atoms with van der Waals surface area (Å²) < 4.78 is 1.17. The molecule has 1 fully saturated rings. The van der Waals surface area contributed by atoms with Crippen LogP contribution >= 0.6 is 9.24 Å². The third-order valence-corrected chi connectivity index (χ3v) is 13.0. The van der Waals surface area contributed by atoms with Gasteiger partial charge in [-0.1, -0.05) is 0 Å². The molecule has 0 saturated heterocycles. The summed E-state index contributed by atoms with van der Waals surface area (Å²) in [7, 11) is 2.90. The van der Waals surface area contributed by atoms with Gasteiger partial charge in [-0.25, -0.2) is 0 Å². The first-order valence-corrected chi connectivity index (χ1v) is 17.8. The summed E-state index contributed by atoms with van der Waals surface area (Å²) >= 11 is -1.66. The zero-order chi connectivity index (χ0) is 11.3. The zero-order valence-electron chi connectivity index (χ0n) is 10.9. The van der Waals surface area contributed by atoms with Crippen LogP contribution in [0.5, 0.6) is 0 Å². The third kappa shape index (κ3) is 4.94. The monoisotopic (exact) mass is 336 g/mol. The van der Waals surface area contributed by atoms with E-state index in [2.05, 4.69) is 24.1 Å². The van der Waals surface area contributed by atoms with Gasteiger partial charge in [0, 0.05) is 0 Å². The minimum atomic E-state index is -1.66. The normalized spacial score (nSPS) is 21.6. The first-order chi connectivity index (χ1) is 7.05. The molecule has 0 aromatic rings. The molecular formula is C13H29PSn. The van der Waals surface area contributed by atoms with Crippen molar-refractivity contribution in [3.63, 3.8) is 0 Å². The molecule has 1 saturated carbocycles. The summed E-state index contributed by atoms with van der Waals surface area (Å²) in [4.78, 5) is 7.95. The molecule has 0 amide bonds. The van der Waals surface area contributed by atoms with Gasteiger partial charge < -0.3 is 0 Å². The van der Waals surface area contributed by atoms with Crippen molar-refractivity contribution < 1.29 is 0 Å². The second kappa shape index (κ2) is 6.84. The van der Waals surface area contributed by atoms with Gasteiger partial charge in [-0.15, -0.1) is 0 Å². The Balaban J connectivity index is 2.53. The van der Waals surface area contributed by atoms with E-state index in [9.17, 15) is 0 Å². The molecule has 90 valence electrons. The second-order valence-electron chi connectivity index (χ2n) is 6.30. The van der Waals surface area contributed by atoms with E-state index in [1.165, 1.54) is 42.2 Å². The summed E-state index contributed by atoms with van der Waals surface area (Å²) in [5, 5.41) is 0. The molecule has 0 radical (unpaired) electrons. The summed E-state index contributed by atoms with van der Waals surface area (Å²) in [6.45, 7) is 0. The van der Waals surface area contributed by atoms with Gasteiger partial charge in [0.25, 0.3) is 0 Å². The fraction of sp³-hybridized carbons (Fsp3) is 1.00. The van der Waals surface area contributed by atoms with Crippen molar-refractivity contribution in [3.05, 3.63) is 0 Å². The molecule has 0 aromatic carbocycles. The van der Waals surface area contributed by atoms with E-state index >= 15 is 0 Å². The molecule has 2 atom stereocenters. The van der Waals surface area contributed by atoms with E-state index in [0.29, 0.717) is 0 Å². The predicted molar refractivity (Wildman–Crippen MR) is 77.5 cm³/mol. The molecule has 0 aromatic heterocycles. The molecule has 0 aliphatic heterocycles. The minimum absolute atomic E-state index is 1.12. The van der Waals surface area contributed by atoms with Crippen molar-refractivity contribution in [1.82, 2.24) is 0 Å². The van der Waals surface area contributed by atoms with Crippen LogP contribution in [0, 0.1) is 5.92 Å². The van der Waals surface area contributed by atoms with E-state index in [1.54, 1.807) is 12.8 Å². The van der Waals surface area contributed by atoms with Gasteiger partial charge >= 0.3 is 103 Å². The quantitative estimate of drug-likeness (QED) is 0.494. The van der Waals surface area contributed by atoms with Gasteiger partial charge in [0.2, 0.25) is 0 Å². The SMILES string of the molecule is [CH3][Sn]([CH3])([CH3])[CH](CCCP)C1CCCCC1. The molecule has 2 heteroatoms. The van der Waals surface area contributed by atoms with Gasteiger partial charge in [0.05, 0.1) is 0 Å². The van der Waals surface area contributed by atoms with Crippen LogP contribution in [-0.4, -0.2) is 24.5 Å². The first kappa shape index (κ1) is 14.3.